The Balaban J connectivity index is 1.23. The maximum Gasteiger partial charge on any atom is 0.438 e. The van der Waals surface area contributed by atoms with Crippen molar-refractivity contribution in [3.05, 3.63) is 142 Å². The molecule has 0 bridgehead atoms. The van der Waals surface area contributed by atoms with Crippen molar-refractivity contribution in [1.82, 2.24) is 10.1 Å². The van der Waals surface area contributed by atoms with Gasteiger partial charge < -0.3 is 19.1 Å². The highest BCUT2D eigenvalue weighted by Gasteiger charge is 2.49. The molecule has 0 radical (unpaired) electrons. The molecule has 6 rings (SSSR count). The van der Waals surface area contributed by atoms with Crippen LogP contribution in [0.25, 0.3) is 0 Å². The smallest absolute Gasteiger partial charge is 0.368 e. The number of hydroxylamine groups is 4. The van der Waals surface area contributed by atoms with Gasteiger partial charge in [0.2, 0.25) is 0 Å². The van der Waals surface area contributed by atoms with E-state index in [9.17, 15) is 62.3 Å². The van der Waals surface area contributed by atoms with Crippen LogP contribution in [-0.4, -0.2) is 46.4 Å². The molecule has 0 saturated carbocycles. The third kappa shape index (κ3) is 11.4. The number of piperidine rings is 2. The predicted octanol–water partition coefficient (Wildman–Crippen LogP) is 11.6. The van der Waals surface area contributed by atoms with E-state index in [1.54, 1.807) is 60.7 Å². The minimum absolute atomic E-state index is 0.00486. The van der Waals surface area contributed by atoms with Crippen molar-refractivity contribution < 1.29 is 81.4 Å². The second kappa shape index (κ2) is 18.4. The lowest BCUT2D eigenvalue weighted by atomic mass is 9.82. The third-order valence-corrected chi connectivity index (χ3v) is 11.1. The number of alkyl halides is 12. The van der Waals surface area contributed by atoms with E-state index in [1.165, 1.54) is 13.8 Å². The number of ether oxygens (including phenoxy) is 2. The maximum absolute atomic E-state index is 13.6. The fraction of sp³-hybridized carbons (Fsp3) is 0.409. The van der Waals surface area contributed by atoms with E-state index in [2.05, 4.69) is 0 Å². The fourth-order valence-electron chi connectivity index (χ4n) is 8.11. The molecular weight excluding hydrogens is 880 g/mol. The van der Waals surface area contributed by atoms with E-state index >= 15 is 0 Å². The number of hydrogen-bond acceptors (Lipinski definition) is 8. The van der Waals surface area contributed by atoms with E-state index in [0.717, 1.165) is 10.1 Å². The molecular formula is C44H40F12N2O6. The van der Waals surface area contributed by atoms with Crippen LogP contribution in [0.15, 0.2) is 97.1 Å². The van der Waals surface area contributed by atoms with Crippen LogP contribution in [0, 0.1) is 0 Å². The van der Waals surface area contributed by atoms with Crippen LogP contribution < -0.4 is 0 Å². The van der Waals surface area contributed by atoms with Gasteiger partial charge in [0.05, 0.1) is 58.8 Å². The minimum atomic E-state index is -5.10. The molecule has 64 heavy (non-hydrogen) atoms. The Labute approximate surface area is 358 Å². The summed E-state index contributed by atoms with van der Waals surface area (Å²) in [7, 11) is 0. The summed E-state index contributed by atoms with van der Waals surface area (Å²) in [5, 5.41) is 2.22. The Bertz CT molecular complexity index is 2050. The lowest BCUT2D eigenvalue weighted by molar-refractivity contribution is -0.267. The molecule has 2 heterocycles. The second-order valence-electron chi connectivity index (χ2n) is 15.9. The molecule has 2 saturated heterocycles. The van der Waals surface area contributed by atoms with Gasteiger partial charge >= 0.3 is 36.6 Å². The van der Waals surface area contributed by atoms with Gasteiger partial charge in [-0.25, -0.2) is 9.59 Å². The predicted molar refractivity (Wildman–Crippen MR) is 202 cm³/mol. The molecule has 2 aliphatic heterocycles. The molecule has 4 unspecified atom stereocenters. The quantitative estimate of drug-likeness (QED) is 0.115. The number of carbonyl (C=O) groups is 2. The van der Waals surface area contributed by atoms with Crippen LogP contribution in [-0.2, 0) is 66.7 Å². The number of hydrogen-bond donors (Lipinski definition) is 0. The molecule has 0 aromatic heterocycles. The average molecular weight is 921 g/mol. The molecule has 0 aliphatic carbocycles. The van der Waals surface area contributed by atoms with Crippen LogP contribution >= 0.6 is 0 Å². The summed E-state index contributed by atoms with van der Waals surface area (Å²) < 4.78 is 176. The Morgan fingerprint density at radius 2 is 0.812 bits per heavy atom. The Morgan fingerprint density at radius 1 is 0.516 bits per heavy atom. The first-order valence-electron chi connectivity index (χ1n) is 19.7. The van der Waals surface area contributed by atoms with Gasteiger partial charge in [0.15, 0.2) is 0 Å². The summed E-state index contributed by atoms with van der Waals surface area (Å²) in [5.41, 5.74) is -8.99. The first kappa shape index (κ1) is 48.3. The summed E-state index contributed by atoms with van der Waals surface area (Å²) in [6, 6.07) is 16.3. The van der Waals surface area contributed by atoms with Crippen molar-refractivity contribution in [3.8, 4) is 0 Å². The zero-order chi connectivity index (χ0) is 46.9. The summed E-state index contributed by atoms with van der Waals surface area (Å²) in [6.45, 7) is 1.61. The van der Waals surface area contributed by atoms with Crippen molar-refractivity contribution in [3.63, 3.8) is 0 Å². The van der Waals surface area contributed by atoms with Gasteiger partial charge in [-0.3, -0.25) is 0 Å². The SMILES string of the molecule is CC1(OCc2cc(C(F)(F)F)cc(C(F)(F)F)c2)CCCN(OC(=O)C(=O)ON2CCCC(C)(OCc3cc(C(F)(F)F)cc(C(F)(F)F)c3)C2c2ccccc2)C1c1ccccc1. The Morgan fingerprint density at radius 3 is 1.09 bits per heavy atom. The monoisotopic (exact) mass is 920 g/mol. The van der Waals surface area contributed by atoms with Gasteiger partial charge in [0, 0.05) is 13.1 Å². The lowest BCUT2D eigenvalue weighted by Crippen LogP contribution is -2.53. The molecule has 0 spiro atoms. The second-order valence-corrected chi connectivity index (χ2v) is 15.9. The van der Waals surface area contributed by atoms with Crippen molar-refractivity contribution in [2.24, 2.45) is 0 Å². The van der Waals surface area contributed by atoms with Gasteiger partial charge in [0.1, 0.15) is 0 Å². The van der Waals surface area contributed by atoms with Gasteiger partial charge in [-0.1, -0.05) is 60.7 Å². The van der Waals surface area contributed by atoms with Gasteiger partial charge in [-0.15, -0.1) is 10.1 Å². The molecule has 0 amide bonds. The van der Waals surface area contributed by atoms with E-state index in [0.29, 0.717) is 35.4 Å². The first-order chi connectivity index (χ1) is 29.8. The fourth-order valence-corrected chi connectivity index (χ4v) is 8.11. The van der Waals surface area contributed by atoms with E-state index in [4.69, 9.17) is 19.1 Å². The van der Waals surface area contributed by atoms with E-state index in [-0.39, 0.29) is 50.9 Å². The standard InChI is InChI=1S/C44H40F12N2O6/c1-39(61-25-27-19-31(41(45,46)47)23-32(20-27)42(48,49)50)15-9-17-57(35(39)29-11-5-3-6-12-29)63-37(59)38(60)64-58-18-10-16-40(2,36(58)30-13-7-4-8-14-30)62-26-28-21-33(43(51,52)53)24-34(22-28)44(54,55)56/h3-8,11-14,19-24,35-36H,9-10,15-18,25-26H2,1-2H3. The van der Waals surface area contributed by atoms with Crippen LogP contribution in [0.1, 0.15) is 96.1 Å². The van der Waals surface area contributed by atoms with Gasteiger partial charge in [0.25, 0.3) is 0 Å². The Hall–Kier alpha value is -5.18. The number of nitrogens with zero attached hydrogens (tertiary/aromatic N) is 2. The zero-order valence-corrected chi connectivity index (χ0v) is 33.9. The molecule has 20 heteroatoms. The summed E-state index contributed by atoms with van der Waals surface area (Å²) >= 11 is 0. The van der Waals surface area contributed by atoms with Crippen LogP contribution in [0.3, 0.4) is 0 Å². The van der Waals surface area contributed by atoms with E-state index < -0.39 is 107 Å². The first-order valence-corrected chi connectivity index (χ1v) is 19.7. The van der Waals surface area contributed by atoms with E-state index in [1.807, 2.05) is 0 Å². The number of benzene rings is 4. The molecule has 346 valence electrons. The summed E-state index contributed by atoms with van der Waals surface area (Å²) in [5.74, 6) is -3.08. The average Bonchev–Trinajstić information content (AvgIpc) is 3.21. The van der Waals surface area contributed by atoms with Crippen molar-refractivity contribution in [2.75, 3.05) is 13.1 Å². The Kier molecular flexibility index (Phi) is 13.9. The topological polar surface area (TPSA) is 77.5 Å². The van der Waals surface area contributed by atoms with Crippen molar-refractivity contribution in [1.29, 1.82) is 0 Å². The van der Waals surface area contributed by atoms with Gasteiger partial charge in [-0.05, 0) is 98.2 Å². The third-order valence-electron chi connectivity index (χ3n) is 11.1. The lowest BCUT2D eigenvalue weighted by Gasteiger charge is -2.47. The molecule has 4 atom stereocenters. The minimum Gasteiger partial charge on any atom is -0.368 e. The number of halogens is 12. The summed E-state index contributed by atoms with van der Waals surface area (Å²) in [6.07, 6.45) is -19.6. The normalized spacial score (nSPS) is 22.8. The highest BCUT2D eigenvalue weighted by molar-refractivity contribution is 6.29. The van der Waals surface area contributed by atoms with Crippen LogP contribution in [0.5, 0.6) is 0 Å². The highest BCUT2D eigenvalue weighted by atomic mass is 19.4. The summed E-state index contributed by atoms with van der Waals surface area (Å²) in [4.78, 5) is 38.5. The molecule has 2 fully saturated rings. The number of carbonyl (C=O) groups excluding carboxylic acids is 2. The largest absolute Gasteiger partial charge is 0.438 e. The number of rotatable bonds is 10. The molecule has 0 N–H and O–H groups in total. The van der Waals surface area contributed by atoms with Crippen LogP contribution in [0.4, 0.5) is 52.7 Å². The van der Waals surface area contributed by atoms with Crippen molar-refractivity contribution >= 4 is 11.9 Å². The molecule has 4 aromatic rings. The molecule has 8 nitrogen and oxygen atoms in total. The van der Waals surface area contributed by atoms with Crippen LogP contribution in [0.2, 0.25) is 0 Å². The maximum atomic E-state index is 13.6. The zero-order valence-electron chi connectivity index (χ0n) is 33.9. The highest BCUT2D eigenvalue weighted by Crippen LogP contribution is 2.46. The van der Waals surface area contributed by atoms with Gasteiger partial charge in [-0.2, -0.15) is 52.7 Å². The molecule has 2 aliphatic rings. The van der Waals surface area contributed by atoms with Crippen molar-refractivity contribution in [2.45, 2.75) is 101 Å². The molecule has 4 aromatic carbocycles.